The fourth-order valence-electron chi connectivity index (χ4n) is 7.48. The van der Waals surface area contributed by atoms with Gasteiger partial charge in [-0.2, -0.15) is 0 Å². The molecule has 2 amide bonds. The number of aromatic amines is 1. The van der Waals surface area contributed by atoms with Gasteiger partial charge in [0.2, 0.25) is 5.91 Å². The lowest BCUT2D eigenvalue weighted by Crippen LogP contribution is -2.62. The van der Waals surface area contributed by atoms with Crippen LogP contribution in [0.2, 0.25) is 0 Å². The quantitative estimate of drug-likeness (QED) is 0.595. The molecule has 6 nitrogen and oxygen atoms in total. The summed E-state index contributed by atoms with van der Waals surface area (Å²) in [6.07, 6.45) is 4.73. The van der Waals surface area contributed by atoms with Gasteiger partial charge in [-0.1, -0.05) is 43.3 Å². The number of nitrogens with zero attached hydrogens (tertiary/aromatic N) is 2. The van der Waals surface area contributed by atoms with Crippen molar-refractivity contribution in [3.8, 4) is 5.75 Å². The van der Waals surface area contributed by atoms with Gasteiger partial charge in [-0.05, 0) is 55.9 Å². The highest BCUT2D eigenvalue weighted by molar-refractivity contribution is 6.00. The summed E-state index contributed by atoms with van der Waals surface area (Å²) in [5.74, 6) is 0.910. The minimum Gasteiger partial charge on any atom is -0.496 e. The molecule has 1 N–H and O–H groups in total. The smallest absolute Gasteiger partial charge is 0.270 e. The van der Waals surface area contributed by atoms with Gasteiger partial charge in [0.15, 0.2) is 0 Å². The van der Waals surface area contributed by atoms with Crippen molar-refractivity contribution in [1.29, 1.82) is 0 Å². The highest BCUT2D eigenvalue weighted by Crippen LogP contribution is 2.56. The molecule has 3 fully saturated rings. The van der Waals surface area contributed by atoms with Gasteiger partial charge in [0.25, 0.3) is 5.91 Å². The number of fused-ring (bicyclic) bond motifs is 2. The Bertz CT molecular complexity index is 1280. The predicted octanol–water partition coefficient (Wildman–Crippen LogP) is 4.79. The Morgan fingerprint density at radius 1 is 1.06 bits per heavy atom. The topological polar surface area (TPSA) is 65.6 Å². The van der Waals surface area contributed by atoms with E-state index in [0.717, 1.165) is 48.8 Å². The number of H-pyrrole nitrogens is 1. The summed E-state index contributed by atoms with van der Waals surface area (Å²) < 4.78 is 5.54. The lowest BCUT2D eigenvalue weighted by atomic mass is 9.64. The maximum atomic E-state index is 14.4. The van der Waals surface area contributed by atoms with Crippen molar-refractivity contribution in [3.05, 3.63) is 65.9 Å². The number of carbonyl (C=O) groups excluding carboxylic acids is 2. The second kappa shape index (κ2) is 8.14. The number of hydrogen-bond donors (Lipinski definition) is 1. The number of aromatic nitrogens is 1. The van der Waals surface area contributed by atoms with Crippen molar-refractivity contribution < 1.29 is 14.3 Å². The molecule has 3 aliphatic rings. The van der Waals surface area contributed by atoms with Crippen LogP contribution in [0.15, 0.2) is 54.6 Å². The van der Waals surface area contributed by atoms with Crippen LogP contribution < -0.4 is 4.74 Å². The summed E-state index contributed by atoms with van der Waals surface area (Å²) >= 11 is 0. The van der Waals surface area contributed by atoms with Crippen molar-refractivity contribution in [2.75, 3.05) is 7.11 Å². The molecular weight excluding hydrogens is 438 g/mol. The average molecular weight is 472 g/mol. The van der Waals surface area contributed by atoms with Crippen LogP contribution in [-0.4, -0.2) is 57.9 Å². The van der Waals surface area contributed by atoms with E-state index in [9.17, 15) is 9.59 Å². The summed E-state index contributed by atoms with van der Waals surface area (Å²) in [5, 5.41) is 0.913. The summed E-state index contributed by atoms with van der Waals surface area (Å²) in [6.45, 7) is 4.01. The van der Waals surface area contributed by atoms with Crippen molar-refractivity contribution in [2.45, 2.75) is 70.1 Å². The molecule has 0 spiro atoms. The molecule has 2 bridgehead atoms. The number of likely N-dealkylation sites (tertiary alicyclic amines) is 2. The molecular formula is C29H33N3O3. The van der Waals surface area contributed by atoms with E-state index in [1.165, 1.54) is 5.56 Å². The van der Waals surface area contributed by atoms with Gasteiger partial charge in [0.1, 0.15) is 11.4 Å². The second-order valence-corrected chi connectivity index (χ2v) is 10.7. The van der Waals surface area contributed by atoms with E-state index in [2.05, 4.69) is 33.8 Å². The molecule has 0 unspecified atom stereocenters. The van der Waals surface area contributed by atoms with Crippen molar-refractivity contribution in [2.24, 2.45) is 5.41 Å². The van der Waals surface area contributed by atoms with Gasteiger partial charge >= 0.3 is 0 Å². The first-order chi connectivity index (χ1) is 16.9. The third kappa shape index (κ3) is 3.29. The minimum absolute atomic E-state index is 0.0242. The number of piperidine rings is 1. The first-order valence-corrected chi connectivity index (χ1v) is 12.7. The summed E-state index contributed by atoms with van der Waals surface area (Å²) in [5.41, 5.74) is 2.60. The van der Waals surface area contributed by atoms with Gasteiger partial charge in [0.05, 0.1) is 19.2 Å². The Kier molecular flexibility index (Phi) is 5.17. The third-order valence-corrected chi connectivity index (χ3v) is 8.92. The zero-order chi connectivity index (χ0) is 24.3. The zero-order valence-corrected chi connectivity index (χ0v) is 20.7. The first-order valence-electron chi connectivity index (χ1n) is 12.7. The monoisotopic (exact) mass is 471 g/mol. The molecule has 2 aromatic carbocycles. The number of hydrogen-bond acceptors (Lipinski definition) is 3. The van der Waals surface area contributed by atoms with Crippen molar-refractivity contribution >= 4 is 22.7 Å². The molecule has 6 heteroatoms. The number of rotatable bonds is 4. The molecule has 1 aromatic heterocycles. The molecule has 1 saturated carbocycles. The van der Waals surface area contributed by atoms with Crippen molar-refractivity contribution in [1.82, 2.24) is 14.8 Å². The van der Waals surface area contributed by atoms with Crippen LogP contribution in [-0.2, 0) is 11.2 Å². The summed E-state index contributed by atoms with van der Waals surface area (Å²) in [6, 6.07) is 18.4. The van der Waals surface area contributed by atoms with Gasteiger partial charge in [0, 0.05) is 35.3 Å². The Labute approximate surface area is 206 Å². The molecule has 35 heavy (non-hydrogen) atoms. The largest absolute Gasteiger partial charge is 0.496 e. The third-order valence-electron chi connectivity index (χ3n) is 8.92. The van der Waals surface area contributed by atoms with Crippen LogP contribution in [0.3, 0.4) is 0 Å². The lowest BCUT2D eigenvalue weighted by molar-refractivity contribution is -0.133. The summed E-state index contributed by atoms with van der Waals surface area (Å²) in [4.78, 5) is 35.0. The van der Waals surface area contributed by atoms with E-state index in [0.29, 0.717) is 5.69 Å². The van der Waals surface area contributed by atoms with E-state index >= 15 is 0 Å². The zero-order valence-electron chi connectivity index (χ0n) is 20.7. The van der Waals surface area contributed by atoms with E-state index in [-0.39, 0.29) is 41.4 Å². The molecule has 2 saturated heterocycles. The molecule has 6 rings (SSSR count). The van der Waals surface area contributed by atoms with Crippen LogP contribution in [0.25, 0.3) is 10.9 Å². The van der Waals surface area contributed by atoms with Crippen molar-refractivity contribution in [3.63, 3.8) is 0 Å². The minimum atomic E-state index is -0.0822. The van der Waals surface area contributed by atoms with Gasteiger partial charge < -0.3 is 19.5 Å². The maximum Gasteiger partial charge on any atom is 0.270 e. The molecule has 2 aliphatic heterocycles. The highest BCUT2D eigenvalue weighted by Gasteiger charge is 2.64. The molecule has 1 aliphatic carbocycles. The predicted molar refractivity (Wildman–Crippen MR) is 135 cm³/mol. The number of ether oxygens (including phenoxy) is 1. The molecule has 182 valence electrons. The summed E-state index contributed by atoms with van der Waals surface area (Å²) in [7, 11) is 1.65. The highest BCUT2D eigenvalue weighted by atomic mass is 16.5. The fraction of sp³-hybridized carbons (Fsp3) is 0.448. The van der Waals surface area contributed by atoms with E-state index in [4.69, 9.17) is 4.74 Å². The van der Waals surface area contributed by atoms with Gasteiger partial charge in [-0.3, -0.25) is 9.59 Å². The Hall–Kier alpha value is -3.28. The Balaban J connectivity index is 1.47. The van der Waals surface area contributed by atoms with Crippen LogP contribution >= 0.6 is 0 Å². The fourth-order valence-corrected chi connectivity index (χ4v) is 7.48. The Morgan fingerprint density at radius 3 is 2.51 bits per heavy atom. The van der Waals surface area contributed by atoms with Gasteiger partial charge in [-0.25, -0.2) is 0 Å². The van der Waals surface area contributed by atoms with Crippen LogP contribution in [0.5, 0.6) is 5.75 Å². The molecule has 5 atom stereocenters. The number of methoxy groups -OCH3 is 1. The number of benzene rings is 2. The molecule has 3 aromatic rings. The SMILES string of the molecule is COc1cccc2[nH]c(C(=O)N3[C@@H](Cc4ccccc4)[C@@H]4C[C@@]5(C)[C@H](CCC[C@@H]35)N4C(C)=O)cc12. The standard InChI is InChI=1S/C29H33N3O3/c1-18(33)31-24-17-29(2)26(31)13-8-14-27(29)32(23(24)15-19-9-5-4-6-10-19)28(34)22-16-20-21(30-22)11-7-12-25(20)35-3/h4-7,9-12,16,23-24,26-27,30H,8,13-15,17H2,1-3H3/t23-,24-,26-,27+,29-/m0/s1. The van der Waals surface area contributed by atoms with Crippen LogP contribution in [0.4, 0.5) is 0 Å². The first kappa shape index (κ1) is 22.2. The lowest BCUT2D eigenvalue weighted by Gasteiger charge is -2.52. The normalized spacial score (nSPS) is 29.5. The van der Waals surface area contributed by atoms with Gasteiger partial charge in [-0.15, -0.1) is 0 Å². The second-order valence-electron chi connectivity index (χ2n) is 10.7. The van der Waals surface area contributed by atoms with Crippen LogP contribution in [0.1, 0.15) is 55.6 Å². The molecule has 3 heterocycles. The molecule has 0 radical (unpaired) electrons. The van der Waals surface area contributed by atoms with E-state index in [1.807, 2.05) is 42.5 Å². The Morgan fingerprint density at radius 2 is 1.80 bits per heavy atom. The number of carbonyl (C=O) groups is 2. The van der Waals surface area contributed by atoms with Crippen LogP contribution in [0, 0.1) is 5.41 Å². The van der Waals surface area contributed by atoms with E-state index in [1.54, 1.807) is 14.0 Å². The maximum absolute atomic E-state index is 14.4. The number of amides is 2. The van der Waals surface area contributed by atoms with E-state index < -0.39 is 0 Å². The number of nitrogens with one attached hydrogen (secondary N) is 1. The average Bonchev–Trinajstić information content (AvgIpc) is 3.42.